The Morgan fingerprint density at radius 1 is 1.11 bits per heavy atom. The predicted molar refractivity (Wildman–Crippen MR) is 107 cm³/mol. The van der Waals surface area contributed by atoms with Crippen LogP contribution in [0.1, 0.15) is 58.1 Å². The molecule has 1 atom stereocenters. The number of hydrogen-bond donors (Lipinski definition) is 0. The van der Waals surface area contributed by atoms with Crippen LogP contribution < -0.4 is 0 Å². The van der Waals surface area contributed by atoms with E-state index in [0.717, 1.165) is 15.6 Å². The number of carbonyl (C=O) groups is 3. The van der Waals surface area contributed by atoms with Crippen LogP contribution in [0.25, 0.3) is 0 Å². The summed E-state index contributed by atoms with van der Waals surface area (Å²) >= 11 is 3.42. The lowest BCUT2D eigenvalue weighted by atomic mass is 9.66. The van der Waals surface area contributed by atoms with Crippen LogP contribution in [0, 0.1) is 5.41 Å². The summed E-state index contributed by atoms with van der Waals surface area (Å²) < 4.78 is 16.9. The lowest BCUT2D eigenvalue weighted by Gasteiger charge is -2.38. The van der Waals surface area contributed by atoms with Crippen molar-refractivity contribution in [1.29, 1.82) is 0 Å². The molecule has 0 fully saturated rings. The summed E-state index contributed by atoms with van der Waals surface area (Å²) in [5.74, 6) is -2.58. The van der Waals surface area contributed by atoms with Gasteiger partial charge in [-0.1, -0.05) is 22.0 Å². The third-order valence-electron chi connectivity index (χ3n) is 4.57. The topological polar surface area (TPSA) is 78.9 Å². The van der Waals surface area contributed by atoms with Crippen molar-refractivity contribution in [3.8, 4) is 0 Å². The van der Waals surface area contributed by atoms with Crippen LogP contribution in [0.2, 0.25) is 0 Å². The number of benzene rings is 1. The highest BCUT2D eigenvalue weighted by molar-refractivity contribution is 9.10. The summed E-state index contributed by atoms with van der Waals surface area (Å²) in [5.41, 5.74) is -0.112. The highest BCUT2D eigenvalue weighted by Gasteiger charge is 2.55. The monoisotopic (exact) mass is 454 g/mol. The number of fused-ring (bicyclic) bond motifs is 1. The number of carbonyl (C=O) groups excluding carboxylic acids is 3. The zero-order chi connectivity index (χ0) is 21.1. The number of ether oxygens (including phenoxy) is 3. The SMILES string of the molecule is CCOC(=O)C1CC(C(=O)OC(C)C)(C(=O)OC(C)C)Cc2ccc(Br)cc21. The van der Waals surface area contributed by atoms with E-state index in [1.54, 1.807) is 34.6 Å². The maximum absolute atomic E-state index is 13.1. The predicted octanol–water partition coefficient (Wildman–Crippen LogP) is 3.93. The molecule has 1 unspecified atom stereocenters. The fraction of sp³-hybridized carbons (Fsp3) is 0.571. The number of rotatable bonds is 6. The molecule has 0 heterocycles. The zero-order valence-corrected chi connectivity index (χ0v) is 18.5. The molecule has 1 aliphatic rings. The largest absolute Gasteiger partial charge is 0.466 e. The highest BCUT2D eigenvalue weighted by Crippen LogP contribution is 2.46. The van der Waals surface area contributed by atoms with Gasteiger partial charge in [-0.15, -0.1) is 0 Å². The summed E-state index contributed by atoms with van der Waals surface area (Å²) in [4.78, 5) is 38.9. The Labute approximate surface area is 174 Å². The molecule has 0 radical (unpaired) electrons. The van der Waals surface area contributed by atoms with Gasteiger partial charge in [-0.05, 0) is 70.7 Å². The van der Waals surface area contributed by atoms with Crippen molar-refractivity contribution >= 4 is 33.8 Å². The minimum atomic E-state index is -1.59. The third kappa shape index (κ3) is 4.74. The first-order chi connectivity index (χ1) is 13.1. The van der Waals surface area contributed by atoms with Gasteiger partial charge in [0.1, 0.15) is 0 Å². The van der Waals surface area contributed by atoms with Gasteiger partial charge in [0, 0.05) is 4.47 Å². The van der Waals surface area contributed by atoms with Gasteiger partial charge in [0.05, 0.1) is 24.7 Å². The molecular formula is C21H27BrO6. The van der Waals surface area contributed by atoms with E-state index in [-0.39, 0.29) is 19.4 Å². The molecular weight excluding hydrogens is 428 g/mol. The fourth-order valence-electron chi connectivity index (χ4n) is 3.41. The average molecular weight is 455 g/mol. The van der Waals surface area contributed by atoms with Crippen LogP contribution in [0.15, 0.2) is 22.7 Å². The normalized spacial score (nSPS) is 17.8. The van der Waals surface area contributed by atoms with Crippen LogP contribution in [-0.2, 0) is 35.0 Å². The van der Waals surface area contributed by atoms with Gasteiger partial charge < -0.3 is 14.2 Å². The molecule has 0 bridgehead atoms. The van der Waals surface area contributed by atoms with E-state index in [4.69, 9.17) is 14.2 Å². The second-order valence-corrected chi connectivity index (χ2v) is 8.43. The van der Waals surface area contributed by atoms with Crippen molar-refractivity contribution in [2.24, 2.45) is 5.41 Å². The van der Waals surface area contributed by atoms with E-state index in [1.807, 2.05) is 18.2 Å². The van der Waals surface area contributed by atoms with Gasteiger partial charge in [-0.2, -0.15) is 0 Å². The van der Waals surface area contributed by atoms with E-state index in [9.17, 15) is 14.4 Å². The Hall–Kier alpha value is -1.89. The average Bonchev–Trinajstić information content (AvgIpc) is 2.59. The molecule has 0 aliphatic heterocycles. The van der Waals surface area contributed by atoms with Crippen LogP contribution in [0.3, 0.4) is 0 Å². The maximum Gasteiger partial charge on any atom is 0.324 e. The quantitative estimate of drug-likeness (QED) is 0.368. The molecule has 0 spiro atoms. The Bertz CT molecular complexity index is 733. The second-order valence-electron chi connectivity index (χ2n) is 7.52. The molecule has 0 amide bonds. The molecule has 28 heavy (non-hydrogen) atoms. The maximum atomic E-state index is 13.1. The molecule has 1 aliphatic carbocycles. The Kier molecular flexibility index (Phi) is 7.26. The lowest BCUT2D eigenvalue weighted by Crippen LogP contribution is -2.49. The van der Waals surface area contributed by atoms with Crippen molar-refractivity contribution in [1.82, 2.24) is 0 Å². The van der Waals surface area contributed by atoms with Crippen LogP contribution in [0.4, 0.5) is 0 Å². The minimum absolute atomic E-state index is 0.0492. The molecule has 0 N–H and O–H groups in total. The summed E-state index contributed by atoms with van der Waals surface area (Å²) in [6.07, 6.45) is -0.734. The zero-order valence-electron chi connectivity index (χ0n) is 16.9. The molecule has 1 aromatic rings. The summed E-state index contributed by atoms with van der Waals surface area (Å²) in [6, 6.07) is 5.46. The first kappa shape index (κ1) is 22.4. The molecule has 154 valence electrons. The molecule has 1 aromatic carbocycles. The van der Waals surface area contributed by atoms with Gasteiger partial charge in [0.25, 0.3) is 0 Å². The van der Waals surface area contributed by atoms with Gasteiger partial charge in [-0.25, -0.2) is 0 Å². The van der Waals surface area contributed by atoms with E-state index >= 15 is 0 Å². The van der Waals surface area contributed by atoms with Crippen LogP contribution in [-0.4, -0.2) is 36.7 Å². The number of halogens is 1. The smallest absolute Gasteiger partial charge is 0.324 e. The Balaban J connectivity index is 2.58. The van der Waals surface area contributed by atoms with Gasteiger partial charge in [0.2, 0.25) is 0 Å². The Morgan fingerprint density at radius 2 is 1.68 bits per heavy atom. The van der Waals surface area contributed by atoms with Crippen molar-refractivity contribution < 1.29 is 28.6 Å². The van der Waals surface area contributed by atoms with Gasteiger partial charge in [0.15, 0.2) is 5.41 Å². The highest BCUT2D eigenvalue weighted by atomic mass is 79.9. The second kappa shape index (κ2) is 9.07. The summed E-state index contributed by atoms with van der Waals surface area (Å²) in [7, 11) is 0. The van der Waals surface area contributed by atoms with Crippen LogP contribution in [0.5, 0.6) is 0 Å². The molecule has 7 heteroatoms. The first-order valence-corrected chi connectivity index (χ1v) is 10.3. The molecule has 0 saturated heterocycles. The van der Waals surface area contributed by atoms with Gasteiger partial charge in [-0.3, -0.25) is 14.4 Å². The molecule has 6 nitrogen and oxygen atoms in total. The number of esters is 3. The van der Waals surface area contributed by atoms with Crippen molar-refractivity contribution in [2.45, 2.75) is 65.6 Å². The van der Waals surface area contributed by atoms with E-state index < -0.39 is 41.4 Å². The molecule has 0 aromatic heterocycles. The number of hydrogen-bond acceptors (Lipinski definition) is 6. The van der Waals surface area contributed by atoms with Crippen molar-refractivity contribution in [2.75, 3.05) is 6.61 Å². The lowest BCUT2D eigenvalue weighted by molar-refractivity contribution is -0.179. The molecule has 0 saturated carbocycles. The standard InChI is InChI=1S/C21H27BrO6/c1-6-26-18(23)17-11-21(19(24)27-12(2)3,20(25)28-13(4)5)10-14-7-8-15(22)9-16(14)17/h7-9,12-13,17H,6,10-11H2,1-5H3. The van der Waals surface area contributed by atoms with E-state index in [1.165, 1.54) is 0 Å². The van der Waals surface area contributed by atoms with Crippen LogP contribution >= 0.6 is 15.9 Å². The van der Waals surface area contributed by atoms with Crippen molar-refractivity contribution in [3.05, 3.63) is 33.8 Å². The fourth-order valence-corrected chi connectivity index (χ4v) is 3.79. The first-order valence-electron chi connectivity index (χ1n) is 9.47. The van der Waals surface area contributed by atoms with E-state index in [0.29, 0.717) is 0 Å². The van der Waals surface area contributed by atoms with E-state index in [2.05, 4.69) is 15.9 Å². The summed E-state index contributed by atoms with van der Waals surface area (Å²) in [6.45, 7) is 8.80. The van der Waals surface area contributed by atoms with Gasteiger partial charge >= 0.3 is 17.9 Å². The minimum Gasteiger partial charge on any atom is -0.466 e. The third-order valence-corrected chi connectivity index (χ3v) is 5.06. The molecule has 2 rings (SSSR count). The summed E-state index contributed by atoms with van der Waals surface area (Å²) in [5, 5.41) is 0. The van der Waals surface area contributed by atoms with Crippen molar-refractivity contribution in [3.63, 3.8) is 0 Å². The Morgan fingerprint density at radius 3 is 2.18 bits per heavy atom.